The molecular formula is C32H40N2O2. The third-order valence-electron chi connectivity index (χ3n) is 7.88. The van der Waals surface area contributed by atoms with Gasteiger partial charge in [-0.05, 0) is 74.8 Å². The normalized spacial score (nSPS) is 19.6. The SMILES string of the molecule is Cc1ccc(-c2ccc3c(c2)C=C(C(=O)NC2CCN(CC4=CCCCCCC4)CC2)CCO3)cc1. The topological polar surface area (TPSA) is 41.6 Å². The molecule has 2 aromatic carbocycles. The standard InChI is InChI=1S/C32H40N2O2/c1-24-9-11-26(12-10-24)27-13-14-31-29(21-27)22-28(17-20-36-31)32(35)33-30-15-18-34(19-16-30)23-25-7-5-3-2-4-6-8-25/h7,9-14,21-22,30H,2-6,8,15-20,23H2,1H3,(H,33,35). The lowest BCUT2D eigenvalue weighted by molar-refractivity contribution is -0.118. The van der Waals surface area contributed by atoms with E-state index in [-0.39, 0.29) is 11.9 Å². The average Bonchev–Trinajstić information content (AvgIpc) is 3.09. The average molecular weight is 485 g/mol. The molecule has 2 aromatic rings. The van der Waals surface area contributed by atoms with Crippen molar-refractivity contribution in [3.8, 4) is 16.9 Å². The number of ether oxygens (including phenoxy) is 1. The van der Waals surface area contributed by atoms with E-state index in [9.17, 15) is 4.79 Å². The highest BCUT2D eigenvalue weighted by molar-refractivity contribution is 5.98. The molecule has 190 valence electrons. The van der Waals surface area contributed by atoms with E-state index in [0.29, 0.717) is 13.0 Å². The first-order valence-electron chi connectivity index (χ1n) is 13.9. The number of carbonyl (C=O) groups is 1. The fraction of sp³-hybridized carbons (Fsp3) is 0.469. The summed E-state index contributed by atoms with van der Waals surface area (Å²) >= 11 is 0. The van der Waals surface area contributed by atoms with E-state index >= 15 is 0 Å². The van der Waals surface area contributed by atoms with Crippen LogP contribution in [-0.4, -0.2) is 43.1 Å². The molecule has 0 bridgehead atoms. The Kier molecular flexibility index (Phi) is 8.22. The predicted octanol–water partition coefficient (Wildman–Crippen LogP) is 6.69. The fourth-order valence-corrected chi connectivity index (χ4v) is 5.63. The summed E-state index contributed by atoms with van der Waals surface area (Å²) in [4.78, 5) is 15.8. The molecular weight excluding hydrogens is 444 g/mol. The van der Waals surface area contributed by atoms with E-state index in [2.05, 4.69) is 59.6 Å². The van der Waals surface area contributed by atoms with Gasteiger partial charge in [0.25, 0.3) is 0 Å². The summed E-state index contributed by atoms with van der Waals surface area (Å²) in [5.74, 6) is 0.916. The monoisotopic (exact) mass is 484 g/mol. The number of allylic oxidation sites excluding steroid dienone is 1. The highest BCUT2D eigenvalue weighted by atomic mass is 16.5. The first-order valence-corrected chi connectivity index (χ1v) is 13.9. The van der Waals surface area contributed by atoms with Crippen LogP contribution in [-0.2, 0) is 4.79 Å². The second kappa shape index (κ2) is 11.9. The van der Waals surface area contributed by atoms with Crippen molar-refractivity contribution in [2.45, 2.75) is 70.8 Å². The number of rotatable bonds is 5. The molecule has 0 saturated carbocycles. The predicted molar refractivity (Wildman–Crippen MR) is 148 cm³/mol. The Balaban J connectivity index is 1.19. The molecule has 0 unspecified atom stereocenters. The van der Waals surface area contributed by atoms with Crippen molar-refractivity contribution in [1.82, 2.24) is 10.2 Å². The molecule has 1 fully saturated rings. The number of benzene rings is 2. The highest BCUT2D eigenvalue weighted by Crippen LogP contribution is 2.31. The van der Waals surface area contributed by atoms with Gasteiger partial charge in [-0.2, -0.15) is 0 Å². The molecule has 1 amide bonds. The van der Waals surface area contributed by atoms with E-state index in [4.69, 9.17) is 4.74 Å². The van der Waals surface area contributed by atoms with Crippen molar-refractivity contribution in [2.24, 2.45) is 0 Å². The number of hydrogen-bond donors (Lipinski definition) is 1. The van der Waals surface area contributed by atoms with Crippen LogP contribution >= 0.6 is 0 Å². The van der Waals surface area contributed by atoms with E-state index in [1.807, 2.05) is 12.1 Å². The molecule has 2 aliphatic heterocycles. The Bertz CT molecular complexity index is 1110. The van der Waals surface area contributed by atoms with Crippen LogP contribution in [0.25, 0.3) is 17.2 Å². The van der Waals surface area contributed by atoms with Crippen LogP contribution in [0.3, 0.4) is 0 Å². The van der Waals surface area contributed by atoms with Gasteiger partial charge in [-0.3, -0.25) is 9.69 Å². The molecule has 1 aliphatic carbocycles. The van der Waals surface area contributed by atoms with E-state index in [1.165, 1.54) is 49.7 Å². The summed E-state index contributed by atoms with van der Waals surface area (Å²) < 4.78 is 5.99. The number of aryl methyl sites for hydroxylation is 1. The molecule has 2 heterocycles. The van der Waals surface area contributed by atoms with Crippen molar-refractivity contribution in [1.29, 1.82) is 0 Å². The Hall–Kier alpha value is -2.85. The molecule has 0 spiro atoms. The van der Waals surface area contributed by atoms with Gasteiger partial charge in [0.15, 0.2) is 0 Å². The van der Waals surface area contributed by atoms with Crippen LogP contribution in [0, 0.1) is 6.92 Å². The second-order valence-electron chi connectivity index (χ2n) is 10.7. The molecule has 4 heteroatoms. The van der Waals surface area contributed by atoms with E-state index < -0.39 is 0 Å². The number of likely N-dealkylation sites (tertiary alicyclic amines) is 1. The maximum atomic E-state index is 13.2. The van der Waals surface area contributed by atoms with Crippen molar-refractivity contribution in [3.05, 3.63) is 70.8 Å². The van der Waals surface area contributed by atoms with Gasteiger partial charge in [-0.1, -0.05) is 60.4 Å². The number of amides is 1. The van der Waals surface area contributed by atoms with Crippen LogP contribution in [0.15, 0.2) is 59.7 Å². The number of fused-ring (bicyclic) bond motifs is 1. The summed E-state index contributed by atoms with van der Waals surface area (Å²) in [5, 5.41) is 3.34. The van der Waals surface area contributed by atoms with Gasteiger partial charge < -0.3 is 10.1 Å². The second-order valence-corrected chi connectivity index (χ2v) is 10.7. The molecule has 0 radical (unpaired) electrons. The summed E-state index contributed by atoms with van der Waals surface area (Å²) in [6, 6.07) is 15.1. The van der Waals surface area contributed by atoms with Crippen molar-refractivity contribution in [3.63, 3.8) is 0 Å². The largest absolute Gasteiger partial charge is 0.493 e. The van der Waals surface area contributed by atoms with E-state index in [1.54, 1.807) is 5.57 Å². The van der Waals surface area contributed by atoms with Crippen molar-refractivity contribution in [2.75, 3.05) is 26.2 Å². The van der Waals surface area contributed by atoms with Gasteiger partial charge in [0.1, 0.15) is 5.75 Å². The first kappa shape index (κ1) is 24.8. The number of nitrogens with zero attached hydrogens (tertiary/aromatic N) is 1. The van der Waals surface area contributed by atoms with Gasteiger partial charge in [-0.15, -0.1) is 0 Å². The van der Waals surface area contributed by atoms with Gasteiger partial charge in [0.2, 0.25) is 5.91 Å². The quantitative estimate of drug-likeness (QED) is 0.481. The van der Waals surface area contributed by atoms with Crippen molar-refractivity contribution < 1.29 is 9.53 Å². The number of carbonyl (C=O) groups excluding carboxylic acids is 1. The summed E-state index contributed by atoms with van der Waals surface area (Å²) in [6.07, 6.45) is 15.2. The number of piperidine rings is 1. The number of hydrogen-bond acceptors (Lipinski definition) is 3. The van der Waals surface area contributed by atoms with Gasteiger partial charge >= 0.3 is 0 Å². The fourth-order valence-electron chi connectivity index (χ4n) is 5.63. The van der Waals surface area contributed by atoms with Crippen LogP contribution in [0.5, 0.6) is 5.75 Å². The Morgan fingerprint density at radius 3 is 2.58 bits per heavy atom. The minimum Gasteiger partial charge on any atom is -0.493 e. The zero-order chi connectivity index (χ0) is 24.7. The first-order chi connectivity index (χ1) is 17.6. The number of nitrogens with one attached hydrogen (secondary N) is 1. The maximum Gasteiger partial charge on any atom is 0.247 e. The van der Waals surface area contributed by atoms with Crippen LogP contribution in [0.4, 0.5) is 0 Å². The molecule has 0 aromatic heterocycles. The molecule has 5 rings (SSSR count). The third-order valence-corrected chi connectivity index (χ3v) is 7.88. The third kappa shape index (κ3) is 6.47. The zero-order valence-corrected chi connectivity index (χ0v) is 21.7. The molecule has 4 nitrogen and oxygen atoms in total. The maximum absolute atomic E-state index is 13.2. The van der Waals surface area contributed by atoms with Crippen LogP contribution in [0.1, 0.15) is 68.9 Å². The smallest absolute Gasteiger partial charge is 0.247 e. The summed E-state index contributed by atoms with van der Waals surface area (Å²) in [6.45, 7) is 5.87. The molecule has 1 N–H and O–H groups in total. The Morgan fingerprint density at radius 2 is 1.75 bits per heavy atom. The van der Waals surface area contributed by atoms with Gasteiger partial charge in [0, 0.05) is 43.2 Å². The lowest BCUT2D eigenvalue weighted by atomic mass is 9.98. The zero-order valence-electron chi connectivity index (χ0n) is 21.7. The van der Waals surface area contributed by atoms with Crippen LogP contribution in [0.2, 0.25) is 0 Å². The lowest BCUT2D eigenvalue weighted by Gasteiger charge is -2.33. The van der Waals surface area contributed by atoms with Gasteiger partial charge in [-0.25, -0.2) is 0 Å². The molecule has 36 heavy (non-hydrogen) atoms. The Labute approximate surface area is 216 Å². The summed E-state index contributed by atoms with van der Waals surface area (Å²) in [7, 11) is 0. The van der Waals surface area contributed by atoms with Crippen molar-refractivity contribution >= 4 is 12.0 Å². The molecule has 3 aliphatic rings. The van der Waals surface area contributed by atoms with Gasteiger partial charge in [0.05, 0.1) is 6.61 Å². The highest BCUT2D eigenvalue weighted by Gasteiger charge is 2.23. The van der Waals surface area contributed by atoms with E-state index in [0.717, 1.165) is 54.9 Å². The lowest BCUT2D eigenvalue weighted by Crippen LogP contribution is -2.45. The molecule has 0 atom stereocenters. The minimum atomic E-state index is 0.0633. The Morgan fingerprint density at radius 1 is 0.972 bits per heavy atom. The van der Waals surface area contributed by atoms with Crippen LogP contribution < -0.4 is 10.1 Å². The molecule has 1 saturated heterocycles. The minimum absolute atomic E-state index is 0.0633. The summed E-state index contributed by atoms with van der Waals surface area (Å²) in [5.41, 5.74) is 6.99.